The summed E-state index contributed by atoms with van der Waals surface area (Å²) < 4.78 is 26.5. The Kier molecular flexibility index (Phi) is 3.97. The number of hydrogen-bond donors (Lipinski definition) is 2. The molecule has 0 aliphatic heterocycles. The van der Waals surface area contributed by atoms with E-state index in [4.69, 9.17) is 0 Å². The summed E-state index contributed by atoms with van der Waals surface area (Å²) >= 11 is 0. The van der Waals surface area contributed by atoms with Gasteiger partial charge in [0.25, 0.3) is 0 Å². The molecule has 1 aromatic heterocycles. The number of fused-ring (bicyclic) bond motifs is 1. The first-order valence-electron chi connectivity index (χ1n) is 6.93. The van der Waals surface area contributed by atoms with Gasteiger partial charge in [-0.25, -0.2) is 8.78 Å². The van der Waals surface area contributed by atoms with E-state index in [-0.39, 0.29) is 5.82 Å². The minimum atomic E-state index is -0.412. The van der Waals surface area contributed by atoms with E-state index in [0.29, 0.717) is 18.7 Å². The van der Waals surface area contributed by atoms with Crippen molar-refractivity contribution < 1.29 is 8.78 Å². The minimum Gasteiger partial charge on any atom is -0.361 e. The molecule has 0 bridgehead atoms. The smallest absolute Gasteiger partial charge is 0.127 e. The molecule has 0 unspecified atom stereocenters. The third kappa shape index (κ3) is 3.11. The molecule has 108 valence electrons. The second-order valence-electron chi connectivity index (χ2n) is 5.02. The Bertz CT molecular complexity index is 749. The van der Waals surface area contributed by atoms with Crippen molar-refractivity contribution in [2.24, 2.45) is 0 Å². The Labute approximate surface area is 121 Å². The lowest BCUT2D eigenvalue weighted by Crippen LogP contribution is -2.17. The molecule has 2 N–H and O–H groups in total. The lowest BCUT2D eigenvalue weighted by atomic mass is 10.1. The summed E-state index contributed by atoms with van der Waals surface area (Å²) in [5.41, 5.74) is 2.69. The van der Waals surface area contributed by atoms with E-state index in [2.05, 4.69) is 16.4 Å². The molecule has 2 aromatic carbocycles. The minimum absolute atomic E-state index is 0.325. The fraction of sp³-hybridized carbons (Fsp3) is 0.176. The maximum absolute atomic E-state index is 13.5. The Morgan fingerprint density at radius 3 is 2.76 bits per heavy atom. The van der Waals surface area contributed by atoms with E-state index >= 15 is 0 Å². The molecule has 0 aliphatic carbocycles. The van der Waals surface area contributed by atoms with Crippen LogP contribution in [0.4, 0.5) is 8.78 Å². The van der Waals surface area contributed by atoms with Crippen molar-refractivity contribution in [1.29, 1.82) is 0 Å². The fourth-order valence-electron chi connectivity index (χ4n) is 2.46. The Hall–Kier alpha value is -2.20. The summed E-state index contributed by atoms with van der Waals surface area (Å²) in [7, 11) is 0. The first kappa shape index (κ1) is 13.8. The Morgan fingerprint density at radius 2 is 1.86 bits per heavy atom. The number of para-hydroxylation sites is 1. The molecule has 4 heteroatoms. The molecular formula is C17H16F2N2. The van der Waals surface area contributed by atoms with E-state index in [1.54, 1.807) is 0 Å². The number of aromatic amines is 1. The average Bonchev–Trinajstić information content (AvgIpc) is 2.90. The molecule has 21 heavy (non-hydrogen) atoms. The summed E-state index contributed by atoms with van der Waals surface area (Å²) in [4.78, 5) is 3.23. The van der Waals surface area contributed by atoms with Gasteiger partial charge in [-0.3, -0.25) is 0 Å². The number of nitrogens with one attached hydrogen (secondary N) is 2. The first-order chi connectivity index (χ1) is 10.2. The van der Waals surface area contributed by atoms with E-state index in [1.807, 2.05) is 24.4 Å². The van der Waals surface area contributed by atoms with Gasteiger partial charge in [0, 0.05) is 29.2 Å². The maximum Gasteiger partial charge on any atom is 0.127 e. The number of halogens is 2. The molecule has 0 saturated heterocycles. The maximum atomic E-state index is 13.5. The van der Waals surface area contributed by atoms with Crippen molar-refractivity contribution in [2.45, 2.75) is 13.0 Å². The average molecular weight is 286 g/mol. The van der Waals surface area contributed by atoms with Gasteiger partial charge in [0.05, 0.1) is 0 Å². The highest BCUT2D eigenvalue weighted by Crippen LogP contribution is 2.17. The van der Waals surface area contributed by atoms with Crippen LogP contribution in [0, 0.1) is 11.6 Å². The standard InChI is InChI=1S/C17H16F2N2/c18-14-5-6-16(19)13(9-14)10-20-8-7-12-11-21-17-4-2-1-3-15(12)17/h1-6,9,11,20-21H,7-8,10H2. The molecule has 0 amide bonds. The van der Waals surface area contributed by atoms with Gasteiger partial charge in [0.15, 0.2) is 0 Å². The molecule has 0 radical (unpaired) electrons. The van der Waals surface area contributed by atoms with E-state index in [9.17, 15) is 8.78 Å². The monoisotopic (exact) mass is 286 g/mol. The van der Waals surface area contributed by atoms with E-state index in [1.165, 1.54) is 17.0 Å². The number of hydrogen-bond acceptors (Lipinski definition) is 1. The highest BCUT2D eigenvalue weighted by atomic mass is 19.1. The van der Waals surface area contributed by atoms with E-state index in [0.717, 1.165) is 24.1 Å². The van der Waals surface area contributed by atoms with Crippen molar-refractivity contribution in [3.05, 3.63) is 71.4 Å². The summed E-state index contributed by atoms with van der Waals surface area (Å²) in [5, 5.41) is 4.36. The number of benzene rings is 2. The summed E-state index contributed by atoms with van der Waals surface area (Å²) in [6.07, 6.45) is 2.83. The summed E-state index contributed by atoms with van der Waals surface area (Å²) in [6.45, 7) is 1.03. The van der Waals surface area contributed by atoms with Gasteiger partial charge in [0.1, 0.15) is 11.6 Å². The van der Waals surface area contributed by atoms with Crippen LogP contribution in [-0.4, -0.2) is 11.5 Å². The number of rotatable bonds is 5. The van der Waals surface area contributed by atoms with Crippen molar-refractivity contribution in [2.75, 3.05) is 6.54 Å². The van der Waals surface area contributed by atoms with Gasteiger partial charge in [-0.2, -0.15) is 0 Å². The van der Waals surface area contributed by atoms with Gasteiger partial charge in [-0.15, -0.1) is 0 Å². The Balaban J connectivity index is 1.58. The lowest BCUT2D eigenvalue weighted by molar-refractivity contribution is 0.569. The first-order valence-corrected chi connectivity index (χ1v) is 6.93. The third-order valence-corrected chi connectivity index (χ3v) is 3.57. The SMILES string of the molecule is Fc1ccc(F)c(CNCCc2c[nH]c3ccccc23)c1. The summed E-state index contributed by atoms with van der Waals surface area (Å²) in [6, 6.07) is 11.6. The van der Waals surface area contributed by atoms with Crippen LogP contribution in [0.25, 0.3) is 10.9 Å². The molecule has 0 aliphatic rings. The molecule has 3 aromatic rings. The van der Waals surface area contributed by atoms with Gasteiger partial charge in [-0.05, 0) is 42.8 Å². The van der Waals surface area contributed by atoms with Crippen molar-refractivity contribution in [3.8, 4) is 0 Å². The van der Waals surface area contributed by atoms with Crippen LogP contribution in [0.3, 0.4) is 0 Å². The zero-order valence-corrected chi connectivity index (χ0v) is 11.5. The van der Waals surface area contributed by atoms with Crippen LogP contribution in [-0.2, 0) is 13.0 Å². The predicted molar refractivity (Wildman–Crippen MR) is 80.1 cm³/mol. The van der Waals surface area contributed by atoms with Crippen LogP contribution >= 0.6 is 0 Å². The summed E-state index contributed by atoms with van der Waals surface area (Å²) in [5.74, 6) is -0.791. The van der Waals surface area contributed by atoms with Crippen molar-refractivity contribution in [1.82, 2.24) is 10.3 Å². The largest absolute Gasteiger partial charge is 0.361 e. The van der Waals surface area contributed by atoms with Crippen LogP contribution < -0.4 is 5.32 Å². The molecule has 3 rings (SSSR count). The number of H-pyrrole nitrogens is 1. The molecule has 0 atom stereocenters. The normalized spacial score (nSPS) is 11.1. The van der Waals surface area contributed by atoms with Crippen LogP contribution in [0.15, 0.2) is 48.7 Å². The highest BCUT2D eigenvalue weighted by molar-refractivity contribution is 5.83. The number of aromatic nitrogens is 1. The van der Waals surface area contributed by atoms with E-state index < -0.39 is 5.82 Å². The predicted octanol–water partition coefficient (Wildman–Crippen LogP) is 3.78. The molecule has 1 heterocycles. The second kappa shape index (κ2) is 6.06. The zero-order chi connectivity index (χ0) is 14.7. The van der Waals surface area contributed by atoms with Gasteiger partial charge < -0.3 is 10.3 Å². The Morgan fingerprint density at radius 1 is 1.00 bits per heavy atom. The fourth-order valence-corrected chi connectivity index (χ4v) is 2.46. The highest BCUT2D eigenvalue weighted by Gasteiger charge is 2.05. The quantitative estimate of drug-likeness (QED) is 0.686. The van der Waals surface area contributed by atoms with Crippen molar-refractivity contribution in [3.63, 3.8) is 0 Å². The molecular weight excluding hydrogens is 270 g/mol. The van der Waals surface area contributed by atoms with Crippen LogP contribution in [0.5, 0.6) is 0 Å². The van der Waals surface area contributed by atoms with Gasteiger partial charge >= 0.3 is 0 Å². The lowest BCUT2D eigenvalue weighted by Gasteiger charge is -2.06. The van der Waals surface area contributed by atoms with Crippen LogP contribution in [0.1, 0.15) is 11.1 Å². The third-order valence-electron chi connectivity index (χ3n) is 3.57. The molecule has 2 nitrogen and oxygen atoms in total. The molecule has 0 spiro atoms. The second-order valence-corrected chi connectivity index (χ2v) is 5.02. The zero-order valence-electron chi connectivity index (χ0n) is 11.5. The van der Waals surface area contributed by atoms with Gasteiger partial charge in [0.2, 0.25) is 0 Å². The molecule has 0 saturated carbocycles. The van der Waals surface area contributed by atoms with Gasteiger partial charge in [-0.1, -0.05) is 18.2 Å². The molecule has 0 fully saturated rings. The van der Waals surface area contributed by atoms with Crippen LogP contribution in [0.2, 0.25) is 0 Å². The topological polar surface area (TPSA) is 27.8 Å². The van der Waals surface area contributed by atoms with Crippen molar-refractivity contribution >= 4 is 10.9 Å².